The Morgan fingerprint density at radius 2 is 2.27 bits per heavy atom. The topological polar surface area (TPSA) is 27.7 Å². The van der Waals surface area contributed by atoms with E-state index in [4.69, 9.17) is 16.9 Å². The quantitative estimate of drug-likeness (QED) is 0.376. The van der Waals surface area contributed by atoms with Crippen LogP contribution in [0.4, 0.5) is 0 Å². The summed E-state index contributed by atoms with van der Waals surface area (Å²) < 4.78 is 1.67. The SMILES string of the molecule is N#CC[n+]1ccccc1Cl.[Cl-]. The van der Waals surface area contributed by atoms with Gasteiger partial charge in [0.15, 0.2) is 6.20 Å². The van der Waals surface area contributed by atoms with Crippen LogP contribution in [0.3, 0.4) is 0 Å². The van der Waals surface area contributed by atoms with Crippen LogP contribution < -0.4 is 17.0 Å². The van der Waals surface area contributed by atoms with Crippen molar-refractivity contribution in [2.24, 2.45) is 0 Å². The lowest BCUT2D eigenvalue weighted by Gasteiger charge is -1.88. The van der Waals surface area contributed by atoms with Gasteiger partial charge in [-0.3, -0.25) is 0 Å². The third-order valence-corrected chi connectivity index (χ3v) is 1.47. The number of hydrogen-bond acceptors (Lipinski definition) is 1. The van der Waals surface area contributed by atoms with Crippen LogP contribution in [-0.4, -0.2) is 0 Å². The molecule has 0 atom stereocenters. The maximum atomic E-state index is 8.31. The van der Waals surface area contributed by atoms with Crippen LogP contribution >= 0.6 is 11.6 Å². The van der Waals surface area contributed by atoms with Gasteiger partial charge >= 0.3 is 0 Å². The second-order valence-electron chi connectivity index (χ2n) is 1.81. The molecule has 0 bridgehead atoms. The second kappa shape index (κ2) is 4.95. The first kappa shape index (κ1) is 10.2. The van der Waals surface area contributed by atoms with Crippen LogP contribution in [0.2, 0.25) is 5.15 Å². The summed E-state index contributed by atoms with van der Waals surface area (Å²) in [6, 6.07) is 7.42. The van der Waals surface area contributed by atoms with E-state index >= 15 is 0 Å². The van der Waals surface area contributed by atoms with E-state index in [9.17, 15) is 0 Å². The minimum Gasteiger partial charge on any atom is -1.00 e. The van der Waals surface area contributed by atoms with Crippen molar-refractivity contribution < 1.29 is 17.0 Å². The standard InChI is InChI=1S/C7H6ClN2.ClH/c8-7-3-1-2-5-10(7)6-4-9;/h1-3,5H,6H2;1H/q+1;/p-1. The van der Waals surface area contributed by atoms with Crippen molar-refractivity contribution >= 4 is 11.6 Å². The van der Waals surface area contributed by atoms with Gasteiger partial charge in [-0.2, -0.15) is 9.83 Å². The summed E-state index contributed by atoms with van der Waals surface area (Å²) in [6.07, 6.45) is 1.77. The molecular weight excluding hydrogens is 183 g/mol. The van der Waals surface area contributed by atoms with Gasteiger partial charge < -0.3 is 12.4 Å². The summed E-state index contributed by atoms with van der Waals surface area (Å²) >= 11 is 5.71. The Hall–Kier alpha value is -0.780. The van der Waals surface area contributed by atoms with Crippen LogP contribution in [-0.2, 0) is 6.54 Å². The first-order chi connectivity index (χ1) is 4.84. The molecule has 0 amide bonds. The summed E-state index contributed by atoms with van der Waals surface area (Å²) in [4.78, 5) is 0. The molecule has 4 heteroatoms. The first-order valence-corrected chi connectivity index (χ1v) is 3.23. The average Bonchev–Trinajstić information content (AvgIpc) is 1.94. The van der Waals surface area contributed by atoms with Gasteiger partial charge in [0.25, 0.3) is 5.15 Å². The molecule has 2 nitrogen and oxygen atoms in total. The molecule has 1 aromatic rings. The smallest absolute Gasteiger partial charge is 0.275 e. The molecule has 0 aliphatic carbocycles. The predicted octanol–water partition coefficient (Wildman–Crippen LogP) is -1.84. The molecule has 0 fully saturated rings. The van der Waals surface area contributed by atoms with Crippen LogP contribution in [0.1, 0.15) is 0 Å². The third-order valence-electron chi connectivity index (χ3n) is 1.13. The van der Waals surface area contributed by atoms with Crippen molar-refractivity contribution in [3.8, 4) is 6.07 Å². The van der Waals surface area contributed by atoms with Gasteiger partial charge in [0, 0.05) is 12.1 Å². The van der Waals surface area contributed by atoms with Crippen molar-refractivity contribution in [1.82, 2.24) is 0 Å². The molecule has 0 radical (unpaired) electrons. The number of rotatable bonds is 1. The van der Waals surface area contributed by atoms with Gasteiger partial charge in [-0.15, -0.1) is 0 Å². The Morgan fingerprint density at radius 1 is 1.55 bits per heavy atom. The van der Waals surface area contributed by atoms with Gasteiger partial charge in [0.1, 0.15) is 6.07 Å². The number of halogens is 2. The lowest BCUT2D eigenvalue weighted by atomic mass is 10.5. The van der Waals surface area contributed by atoms with E-state index in [1.54, 1.807) is 16.8 Å². The second-order valence-corrected chi connectivity index (χ2v) is 2.20. The molecule has 0 aliphatic rings. The van der Waals surface area contributed by atoms with Gasteiger partial charge in [0.05, 0.1) is 0 Å². The lowest BCUT2D eigenvalue weighted by molar-refractivity contribution is -0.682. The minimum atomic E-state index is 0. The highest BCUT2D eigenvalue weighted by Gasteiger charge is 2.02. The van der Waals surface area contributed by atoms with Crippen molar-refractivity contribution in [2.75, 3.05) is 0 Å². The Balaban J connectivity index is 0.000001000. The van der Waals surface area contributed by atoms with E-state index < -0.39 is 0 Å². The Labute approximate surface area is 76.4 Å². The molecular formula is C7H6Cl2N2. The zero-order valence-corrected chi connectivity index (χ0v) is 7.18. The Kier molecular flexibility index (Phi) is 4.60. The molecule has 0 N–H and O–H groups in total. The van der Waals surface area contributed by atoms with Crippen LogP contribution in [0.15, 0.2) is 24.4 Å². The number of hydrogen-bond donors (Lipinski definition) is 0. The van der Waals surface area contributed by atoms with Crippen LogP contribution in [0.25, 0.3) is 0 Å². The highest BCUT2D eigenvalue weighted by Crippen LogP contribution is 1.97. The molecule has 0 aliphatic heterocycles. The summed E-state index contributed by atoms with van der Waals surface area (Å²) in [5.41, 5.74) is 0. The van der Waals surface area contributed by atoms with Crippen LogP contribution in [0, 0.1) is 11.3 Å². The largest absolute Gasteiger partial charge is 1.00 e. The van der Waals surface area contributed by atoms with E-state index in [1.807, 2.05) is 18.2 Å². The molecule has 0 unspecified atom stereocenters. The van der Waals surface area contributed by atoms with Crippen molar-refractivity contribution in [3.63, 3.8) is 0 Å². The Bertz CT molecular complexity index is 267. The predicted molar refractivity (Wildman–Crippen MR) is 37.3 cm³/mol. The maximum Gasteiger partial charge on any atom is 0.275 e. The van der Waals surface area contributed by atoms with E-state index in [0.717, 1.165) is 0 Å². The molecule has 58 valence electrons. The highest BCUT2D eigenvalue weighted by atomic mass is 35.5. The third kappa shape index (κ3) is 2.75. The zero-order chi connectivity index (χ0) is 7.40. The van der Waals surface area contributed by atoms with Gasteiger partial charge in [0.2, 0.25) is 6.54 Å². The highest BCUT2D eigenvalue weighted by molar-refractivity contribution is 6.28. The van der Waals surface area contributed by atoms with Crippen molar-refractivity contribution in [2.45, 2.75) is 6.54 Å². The van der Waals surface area contributed by atoms with Gasteiger partial charge in [-0.1, -0.05) is 0 Å². The lowest BCUT2D eigenvalue weighted by Crippen LogP contribution is -3.00. The fourth-order valence-electron chi connectivity index (χ4n) is 0.660. The van der Waals surface area contributed by atoms with E-state index in [2.05, 4.69) is 0 Å². The molecule has 0 saturated carbocycles. The summed E-state index contributed by atoms with van der Waals surface area (Å²) in [6.45, 7) is 0.305. The van der Waals surface area contributed by atoms with Gasteiger partial charge in [-0.05, 0) is 17.7 Å². The van der Waals surface area contributed by atoms with E-state index in [1.165, 1.54) is 0 Å². The minimum absolute atomic E-state index is 0. The monoisotopic (exact) mass is 188 g/mol. The molecule has 0 saturated heterocycles. The van der Waals surface area contributed by atoms with Crippen LogP contribution in [0.5, 0.6) is 0 Å². The van der Waals surface area contributed by atoms with Crippen molar-refractivity contribution in [3.05, 3.63) is 29.5 Å². The maximum absolute atomic E-state index is 8.31. The van der Waals surface area contributed by atoms with E-state index in [0.29, 0.717) is 11.7 Å². The molecule has 0 aromatic carbocycles. The molecule has 1 aromatic heterocycles. The summed E-state index contributed by atoms with van der Waals surface area (Å²) in [5.74, 6) is 0. The normalized spacial score (nSPS) is 8.00. The molecule has 1 rings (SSSR count). The van der Waals surface area contributed by atoms with E-state index in [-0.39, 0.29) is 12.4 Å². The number of nitrogens with zero attached hydrogens (tertiary/aromatic N) is 2. The fraction of sp³-hybridized carbons (Fsp3) is 0.143. The first-order valence-electron chi connectivity index (χ1n) is 2.85. The fourth-order valence-corrected chi connectivity index (χ4v) is 0.849. The molecule has 0 spiro atoms. The molecule has 11 heavy (non-hydrogen) atoms. The average molecular weight is 189 g/mol. The summed E-state index contributed by atoms with van der Waals surface area (Å²) in [7, 11) is 0. The van der Waals surface area contributed by atoms with Crippen molar-refractivity contribution in [1.29, 1.82) is 5.26 Å². The Morgan fingerprint density at radius 3 is 2.82 bits per heavy atom. The number of aromatic nitrogens is 1. The van der Waals surface area contributed by atoms with Gasteiger partial charge in [-0.25, -0.2) is 0 Å². The zero-order valence-electron chi connectivity index (χ0n) is 5.67. The summed E-state index contributed by atoms with van der Waals surface area (Å²) in [5, 5.41) is 8.90. The number of nitriles is 1. The number of pyridine rings is 1. The molecule has 1 heterocycles.